The number of aromatic nitrogens is 1. The Hall–Kier alpha value is -3.64. The maximum absolute atomic E-state index is 13.9. The Bertz CT molecular complexity index is 1380. The third-order valence-electron chi connectivity index (χ3n) is 8.40. The largest absolute Gasteiger partial charge is 0.439 e. The highest BCUT2D eigenvalue weighted by Gasteiger charge is 2.45. The molecule has 0 aliphatic carbocycles. The first kappa shape index (κ1) is 27.5. The van der Waals surface area contributed by atoms with Gasteiger partial charge in [0.15, 0.2) is 0 Å². The molecule has 0 bridgehead atoms. The molecule has 1 aromatic heterocycles. The van der Waals surface area contributed by atoms with E-state index in [0.717, 1.165) is 56.4 Å². The highest BCUT2D eigenvalue weighted by molar-refractivity contribution is 6.30. The molecule has 41 heavy (non-hydrogen) atoms. The summed E-state index contributed by atoms with van der Waals surface area (Å²) in [6, 6.07) is 21.6. The van der Waals surface area contributed by atoms with Crippen LogP contribution in [0.4, 0.5) is 4.79 Å². The third kappa shape index (κ3) is 6.33. The lowest BCUT2D eigenvalue weighted by atomic mass is 9.98. The van der Waals surface area contributed by atoms with Crippen LogP contribution in [0, 0.1) is 11.3 Å². The van der Waals surface area contributed by atoms with Gasteiger partial charge in [-0.25, -0.2) is 9.78 Å². The molecule has 0 spiro atoms. The van der Waals surface area contributed by atoms with E-state index in [1.165, 1.54) is 0 Å². The number of nitriles is 1. The molecule has 3 saturated heterocycles. The number of urea groups is 1. The van der Waals surface area contributed by atoms with Crippen molar-refractivity contribution in [2.24, 2.45) is 0 Å². The minimum Gasteiger partial charge on any atom is -0.439 e. The Labute approximate surface area is 246 Å². The normalized spacial score (nSPS) is 20.8. The minimum atomic E-state index is 0.00782. The number of amides is 2. The average molecular weight is 572 g/mol. The number of carbonyl (C=O) groups excluding carboxylic acids is 1. The van der Waals surface area contributed by atoms with E-state index in [0.29, 0.717) is 42.0 Å². The molecule has 8 nitrogen and oxygen atoms in total. The van der Waals surface area contributed by atoms with Crippen molar-refractivity contribution in [2.75, 3.05) is 32.8 Å². The van der Waals surface area contributed by atoms with Gasteiger partial charge < -0.3 is 19.3 Å². The number of hydrogen-bond acceptors (Lipinski definition) is 6. The number of nitrogens with zero attached hydrogens (tertiary/aromatic N) is 5. The fourth-order valence-corrected chi connectivity index (χ4v) is 6.42. The van der Waals surface area contributed by atoms with Crippen molar-refractivity contribution in [1.29, 1.82) is 5.26 Å². The topological polar surface area (TPSA) is 81.9 Å². The molecule has 0 N–H and O–H groups in total. The van der Waals surface area contributed by atoms with E-state index in [2.05, 4.69) is 31.8 Å². The Morgan fingerprint density at radius 1 is 1.00 bits per heavy atom. The van der Waals surface area contributed by atoms with Gasteiger partial charge in [0.1, 0.15) is 5.75 Å². The van der Waals surface area contributed by atoms with Gasteiger partial charge in [-0.3, -0.25) is 4.90 Å². The predicted molar refractivity (Wildman–Crippen MR) is 156 cm³/mol. The number of carbonyl (C=O) groups is 1. The second kappa shape index (κ2) is 12.5. The molecule has 2 amide bonds. The van der Waals surface area contributed by atoms with Crippen molar-refractivity contribution >= 4 is 17.6 Å². The number of rotatable bonds is 7. The quantitative estimate of drug-likeness (QED) is 0.345. The van der Waals surface area contributed by atoms with Crippen LogP contribution in [-0.2, 0) is 11.3 Å². The van der Waals surface area contributed by atoms with Crippen LogP contribution in [0.1, 0.15) is 48.4 Å². The van der Waals surface area contributed by atoms with Crippen LogP contribution in [0.5, 0.6) is 11.6 Å². The predicted octanol–water partition coefficient (Wildman–Crippen LogP) is 6.02. The summed E-state index contributed by atoms with van der Waals surface area (Å²) in [5, 5.41) is 9.66. The SMILES string of the molecule is N#Cc1ccc(Oc2ccc(CN3CCC(N4C(=O)N(C5CCOCC5)C[C@H]4c4cccc(Cl)c4)CC3)cn2)cc1. The van der Waals surface area contributed by atoms with Gasteiger partial charge in [-0.2, -0.15) is 5.26 Å². The number of piperidine rings is 1. The molecule has 2 aromatic carbocycles. The number of benzene rings is 2. The van der Waals surface area contributed by atoms with Crippen molar-refractivity contribution in [3.63, 3.8) is 0 Å². The van der Waals surface area contributed by atoms with Crippen molar-refractivity contribution in [1.82, 2.24) is 19.7 Å². The lowest BCUT2D eigenvalue weighted by molar-refractivity contribution is 0.0493. The van der Waals surface area contributed by atoms with Crippen molar-refractivity contribution in [3.05, 3.63) is 88.6 Å². The number of halogens is 1. The number of ether oxygens (including phenoxy) is 2. The lowest BCUT2D eigenvalue weighted by Gasteiger charge is -2.39. The summed E-state index contributed by atoms with van der Waals surface area (Å²) in [7, 11) is 0. The number of likely N-dealkylation sites (tertiary alicyclic amines) is 1. The van der Waals surface area contributed by atoms with Crippen LogP contribution in [-0.4, -0.2) is 70.6 Å². The molecule has 6 rings (SSSR count). The van der Waals surface area contributed by atoms with Gasteiger partial charge >= 0.3 is 6.03 Å². The van der Waals surface area contributed by atoms with E-state index in [9.17, 15) is 4.79 Å². The lowest BCUT2D eigenvalue weighted by Crippen LogP contribution is -2.48. The van der Waals surface area contributed by atoms with E-state index in [4.69, 9.17) is 26.3 Å². The first-order valence-corrected chi connectivity index (χ1v) is 14.7. The monoisotopic (exact) mass is 571 g/mol. The average Bonchev–Trinajstić information content (AvgIpc) is 3.36. The summed E-state index contributed by atoms with van der Waals surface area (Å²) >= 11 is 6.37. The Morgan fingerprint density at radius 3 is 2.46 bits per heavy atom. The van der Waals surface area contributed by atoms with Gasteiger partial charge in [0.2, 0.25) is 5.88 Å². The zero-order valence-corrected chi connectivity index (χ0v) is 23.7. The van der Waals surface area contributed by atoms with Crippen molar-refractivity contribution < 1.29 is 14.3 Å². The smallest absolute Gasteiger partial charge is 0.321 e. The number of pyridine rings is 1. The fourth-order valence-electron chi connectivity index (χ4n) is 6.22. The van der Waals surface area contributed by atoms with Crippen LogP contribution >= 0.6 is 11.6 Å². The van der Waals surface area contributed by atoms with Gasteiger partial charge in [-0.1, -0.05) is 29.8 Å². The summed E-state index contributed by atoms with van der Waals surface area (Å²) in [6.07, 6.45) is 5.50. The molecule has 1 atom stereocenters. The molecule has 3 aromatic rings. The molecule has 9 heteroatoms. The van der Waals surface area contributed by atoms with Gasteiger partial charge in [0, 0.05) is 68.8 Å². The molecule has 3 aliphatic rings. The maximum Gasteiger partial charge on any atom is 0.321 e. The Kier molecular flexibility index (Phi) is 8.38. The standard InChI is InChI=1S/C32H34ClN5O3/c33-26-3-1-2-25(18-26)30-22-37(27-12-16-40-17-13-27)32(39)38(30)28-10-14-36(15-11-28)21-24-6-9-31(35-20-24)41-29-7-4-23(19-34)5-8-29/h1-9,18,20,27-28,30H,10-17,21-22H2/t30-/m0/s1. The molecule has 212 valence electrons. The molecule has 3 fully saturated rings. The van der Waals surface area contributed by atoms with Gasteiger partial charge in [-0.05, 0) is 73.2 Å². The summed E-state index contributed by atoms with van der Waals surface area (Å²) in [4.78, 5) is 25.0. The molecule has 0 unspecified atom stereocenters. The molecular weight excluding hydrogens is 538 g/mol. The highest BCUT2D eigenvalue weighted by atomic mass is 35.5. The Balaban J connectivity index is 1.08. The zero-order chi connectivity index (χ0) is 28.2. The summed E-state index contributed by atoms with van der Waals surface area (Å²) in [5.74, 6) is 1.17. The van der Waals surface area contributed by atoms with Crippen LogP contribution in [0.2, 0.25) is 5.02 Å². The van der Waals surface area contributed by atoms with Crippen molar-refractivity contribution in [2.45, 2.75) is 50.4 Å². The van der Waals surface area contributed by atoms with Crippen LogP contribution < -0.4 is 4.74 Å². The van der Waals surface area contributed by atoms with Gasteiger partial charge in [0.05, 0.1) is 17.7 Å². The number of hydrogen-bond donors (Lipinski definition) is 0. The molecular formula is C32H34ClN5O3. The van der Waals surface area contributed by atoms with Gasteiger partial charge in [0.25, 0.3) is 0 Å². The summed E-state index contributed by atoms with van der Waals surface area (Å²) in [6.45, 7) is 4.76. The van der Waals surface area contributed by atoms with Crippen LogP contribution in [0.3, 0.4) is 0 Å². The van der Waals surface area contributed by atoms with E-state index < -0.39 is 0 Å². The van der Waals surface area contributed by atoms with E-state index >= 15 is 0 Å². The van der Waals surface area contributed by atoms with E-state index in [1.807, 2.05) is 36.5 Å². The maximum atomic E-state index is 13.9. The summed E-state index contributed by atoms with van der Waals surface area (Å²) < 4.78 is 11.4. The Morgan fingerprint density at radius 2 is 1.78 bits per heavy atom. The van der Waals surface area contributed by atoms with Crippen LogP contribution in [0.15, 0.2) is 66.9 Å². The molecule has 0 radical (unpaired) electrons. The third-order valence-corrected chi connectivity index (χ3v) is 8.63. The molecule has 3 aliphatic heterocycles. The highest BCUT2D eigenvalue weighted by Crippen LogP contribution is 2.37. The summed E-state index contributed by atoms with van der Waals surface area (Å²) in [5.41, 5.74) is 2.82. The first-order valence-electron chi connectivity index (χ1n) is 14.3. The fraction of sp³-hybridized carbons (Fsp3) is 0.406. The molecule has 4 heterocycles. The zero-order valence-electron chi connectivity index (χ0n) is 23.0. The first-order chi connectivity index (χ1) is 20.1. The van der Waals surface area contributed by atoms with E-state index in [1.54, 1.807) is 24.3 Å². The second-order valence-electron chi connectivity index (χ2n) is 11.0. The minimum absolute atomic E-state index is 0.00782. The van der Waals surface area contributed by atoms with Gasteiger partial charge in [-0.15, -0.1) is 0 Å². The molecule has 0 saturated carbocycles. The second-order valence-corrected chi connectivity index (χ2v) is 11.4. The van der Waals surface area contributed by atoms with Crippen LogP contribution in [0.25, 0.3) is 0 Å². The van der Waals surface area contributed by atoms with E-state index in [-0.39, 0.29) is 24.2 Å². The van der Waals surface area contributed by atoms with Crippen molar-refractivity contribution in [3.8, 4) is 17.7 Å².